The third-order valence-electron chi connectivity index (χ3n) is 4.40. The van der Waals surface area contributed by atoms with Crippen molar-refractivity contribution in [1.82, 2.24) is 5.32 Å². The molecule has 2 rings (SSSR count). The summed E-state index contributed by atoms with van der Waals surface area (Å²) >= 11 is 0. The minimum atomic E-state index is -4.63. The molecule has 5 heteroatoms. The van der Waals surface area contributed by atoms with Crippen molar-refractivity contribution in [2.75, 3.05) is 6.54 Å². The van der Waals surface area contributed by atoms with Crippen LogP contribution < -0.4 is 5.32 Å². The minimum Gasteiger partial charge on any atom is -0.314 e. The van der Waals surface area contributed by atoms with Crippen LogP contribution in [0, 0.1) is 5.82 Å². The summed E-state index contributed by atoms with van der Waals surface area (Å²) in [7, 11) is 0. The topological polar surface area (TPSA) is 12.0 Å². The summed E-state index contributed by atoms with van der Waals surface area (Å²) < 4.78 is 51.5. The standard InChI is InChI=1S/C16H21F4N/c1-3-8-21-12-6-7-15(2,10-12)11-4-5-13(14(17)9-11)16(18,19)20/h4-5,9,12,21H,3,6-8,10H2,1-2H3. The Hall–Kier alpha value is -1.10. The molecule has 0 amide bonds. The van der Waals surface area contributed by atoms with Gasteiger partial charge in [0.25, 0.3) is 0 Å². The Morgan fingerprint density at radius 3 is 2.62 bits per heavy atom. The highest BCUT2D eigenvalue weighted by molar-refractivity contribution is 5.32. The summed E-state index contributed by atoms with van der Waals surface area (Å²) in [5.41, 5.74) is -0.779. The molecule has 21 heavy (non-hydrogen) atoms. The van der Waals surface area contributed by atoms with Gasteiger partial charge in [0.2, 0.25) is 0 Å². The van der Waals surface area contributed by atoms with E-state index in [4.69, 9.17) is 0 Å². The van der Waals surface area contributed by atoms with E-state index in [0.717, 1.165) is 44.4 Å². The Bertz CT molecular complexity index is 498. The number of halogens is 4. The molecule has 0 bridgehead atoms. The molecule has 1 saturated carbocycles. The van der Waals surface area contributed by atoms with E-state index in [9.17, 15) is 17.6 Å². The molecular weight excluding hydrogens is 282 g/mol. The van der Waals surface area contributed by atoms with Gasteiger partial charge < -0.3 is 5.32 Å². The Kier molecular flexibility index (Phi) is 4.61. The van der Waals surface area contributed by atoms with Crippen LogP contribution in [0.2, 0.25) is 0 Å². The lowest BCUT2D eigenvalue weighted by molar-refractivity contribution is -0.140. The van der Waals surface area contributed by atoms with Crippen molar-refractivity contribution in [2.24, 2.45) is 0 Å². The van der Waals surface area contributed by atoms with E-state index in [2.05, 4.69) is 12.2 Å². The molecule has 0 saturated heterocycles. The molecule has 1 nitrogen and oxygen atoms in total. The van der Waals surface area contributed by atoms with Gasteiger partial charge in [0.15, 0.2) is 0 Å². The van der Waals surface area contributed by atoms with E-state index in [0.29, 0.717) is 11.6 Å². The number of nitrogens with one attached hydrogen (secondary N) is 1. The lowest BCUT2D eigenvalue weighted by Gasteiger charge is -2.26. The summed E-state index contributed by atoms with van der Waals surface area (Å²) in [6, 6.07) is 3.71. The van der Waals surface area contributed by atoms with Crippen molar-refractivity contribution in [1.29, 1.82) is 0 Å². The molecular formula is C16H21F4N. The van der Waals surface area contributed by atoms with Gasteiger partial charge in [-0.1, -0.05) is 19.9 Å². The zero-order valence-electron chi connectivity index (χ0n) is 12.4. The van der Waals surface area contributed by atoms with Crippen molar-refractivity contribution < 1.29 is 17.6 Å². The van der Waals surface area contributed by atoms with Gasteiger partial charge in [-0.2, -0.15) is 13.2 Å². The van der Waals surface area contributed by atoms with Gasteiger partial charge in [0, 0.05) is 6.04 Å². The molecule has 2 unspecified atom stereocenters. The molecule has 1 N–H and O–H groups in total. The maximum absolute atomic E-state index is 13.7. The van der Waals surface area contributed by atoms with Gasteiger partial charge in [-0.3, -0.25) is 0 Å². The van der Waals surface area contributed by atoms with E-state index in [1.807, 2.05) is 6.92 Å². The number of hydrogen-bond acceptors (Lipinski definition) is 1. The molecule has 1 aliphatic rings. The number of rotatable bonds is 4. The quantitative estimate of drug-likeness (QED) is 0.798. The average Bonchev–Trinajstić information content (AvgIpc) is 2.78. The Morgan fingerprint density at radius 2 is 2.05 bits per heavy atom. The van der Waals surface area contributed by atoms with Gasteiger partial charge in [-0.05, 0) is 55.3 Å². The molecule has 1 aromatic rings. The van der Waals surface area contributed by atoms with Crippen LogP contribution >= 0.6 is 0 Å². The number of benzene rings is 1. The summed E-state index contributed by atoms with van der Waals surface area (Å²) in [5, 5.41) is 3.43. The average molecular weight is 303 g/mol. The second-order valence-corrected chi connectivity index (χ2v) is 6.15. The molecule has 2 atom stereocenters. The highest BCUT2D eigenvalue weighted by Crippen LogP contribution is 2.42. The zero-order chi connectivity index (χ0) is 15.7. The smallest absolute Gasteiger partial charge is 0.314 e. The van der Waals surface area contributed by atoms with Crippen LogP contribution in [0.3, 0.4) is 0 Å². The first-order chi connectivity index (χ1) is 9.76. The van der Waals surface area contributed by atoms with Crippen molar-refractivity contribution >= 4 is 0 Å². The molecule has 0 radical (unpaired) electrons. The highest BCUT2D eigenvalue weighted by atomic mass is 19.4. The van der Waals surface area contributed by atoms with Crippen molar-refractivity contribution in [2.45, 2.75) is 57.2 Å². The van der Waals surface area contributed by atoms with E-state index < -0.39 is 17.6 Å². The fourth-order valence-electron chi connectivity index (χ4n) is 3.15. The first kappa shape index (κ1) is 16.3. The lowest BCUT2D eigenvalue weighted by atomic mass is 9.80. The van der Waals surface area contributed by atoms with Crippen LogP contribution in [0.25, 0.3) is 0 Å². The second kappa shape index (κ2) is 5.95. The molecule has 0 aliphatic heterocycles. The van der Waals surface area contributed by atoms with Gasteiger partial charge in [0.1, 0.15) is 5.82 Å². The third-order valence-corrected chi connectivity index (χ3v) is 4.40. The van der Waals surface area contributed by atoms with Gasteiger partial charge in [0.05, 0.1) is 5.56 Å². The molecule has 1 fully saturated rings. The summed E-state index contributed by atoms with van der Waals surface area (Å²) in [6.07, 6.45) is -0.928. The second-order valence-electron chi connectivity index (χ2n) is 6.15. The molecule has 1 aromatic carbocycles. The summed E-state index contributed by atoms with van der Waals surface area (Å²) in [4.78, 5) is 0. The summed E-state index contributed by atoms with van der Waals surface area (Å²) in [6.45, 7) is 5.02. The predicted molar refractivity (Wildman–Crippen MR) is 74.7 cm³/mol. The summed E-state index contributed by atoms with van der Waals surface area (Å²) in [5.74, 6) is -1.17. The normalized spacial score (nSPS) is 26.3. The fourth-order valence-corrected chi connectivity index (χ4v) is 3.15. The maximum atomic E-state index is 13.7. The largest absolute Gasteiger partial charge is 0.419 e. The predicted octanol–water partition coefficient (Wildman–Crippen LogP) is 4.65. The first-order valence-corrected chi connectivity index (χ1v) is 7.37. The number of hydrogen-bond donors (Lipinski definition) is 1. The van der Waals surface area contributed by atoms with Crippen molar-refractivity contribution in [3.8, 4) is 0 Å². The lowest BCUT2D eigenvalue weighted by Crippen LogP contribution is -2.29. The first-order valence-electron chi connectivity index (χ1n) is 7.37. The molecule has 118 valence electrons. The van der Waals surface area contributed by atoms with Gasteiger partial charge in [-0.25, -0.2) is 4.39 Å². The van der Waals surface area contributed by atoms with Crippen LogP contribution in [0.15, 0.2) is 18.2 Å². The Balaban J connectivity index is 2.17. The van der Waals surface area contributed by atoms with E-state index in [-0.39, 0.29) is 5.41 Å². The Morgan fingerprint density at radius 1 is 1.33 bits per heavy atom. The van der Waals surface area contributed by atoms with Crippen molar-refractivity contribution in [3.05, 3.63) is 35.1 Å². The minimum absolute atomic E-state index is 0.254. The van der Waals surface area contributed by atoms with Crippen LogP contribution in [0.4, 0.5) is 17.6 Å². The third kappa shape index (κ3) is 3.57. The maximum Gasteiger partial charge on any atom is 0.419 e. The Labute approximate surface area is 122 Å². The van der Waals surface area contributed by atoms with Crippen LogP contribution in [-0.2, 0) is 11.6 Å². The number of alkyl halides is 3. The molecule has 1 aliphatic carbocycles. The molecule has 0 heterocycles. The molecule has 0 aromatic heterocycles. The highest BCUT2D eigenvalue weighted by Gasteiger charge is 2.39. The zero-order valence-corrected chi connectivity index (χ0v) is 12.4. The van der Waals surface area contributed by atoms with Crippen molar-refractivity contribution in [3.63, 3.8) is 0 Å². The van der Waals surface area contributed by atoms with Gasteiger partial charge in [-0.15, -0.1) is 0 Å². The molecule has 0 spiro atoms. The fraction of sp³-hybridized carbons (Fsp3) is 0.625. The monoisotopic (exact) mass is 303 g/mol. The van der Waals surface area contributed by atoms with Crippen LogP contribution in [0.1, 0.15) is 50.7 Å². The van der Waals surface area contributed by atoms with E-state index >= 15 is 0 Å². The van der Waals surface area contributed by atoms with Crippen LogP contribution in [0.5, 0.6) is 0 Å². The SMILES string of the molecule is CCCNC1CCC(C)(c2ccc(C(F)(F)F)c(F)c2)C1. The van der Waals surface area contributed by atoms with E-state index in [1.54, 1.807) is 0 Å². The van der Waals surface area contributed by atoms with Gasteiger partial charge >= 0.3 is 6.18 Å². The van der Waals surface area contributed by atoms with Crippen LogP contribution in [-0.4, -0.2) is 12.6 Å². The van der Waals surface area contributed by atoms with E-state index in [1.165, 1.54) is 6.07 Å².